The van der Waals surface area contributed by atoms with Gasteiger partial charge in [-0.2, -0.15) is 0 Å². The molecule has 0 bridgehead atoms. The molecule has 0 atom stereocenters. The normalized spacial score (nSPS) is 12.0. The Kier molecular flexibility index (Phi) is 7.51. The average molecular weight is 321 g/mol. The van der Waals surface area contributed by atoms with Gasteiger partial charge in [0, 0.05) is 24.7 Å². The topological polar surface area (TPSA) is 52.6 Å². The number of benzene rings is 1. The first kappa shape index (κ1) is 17.4. The molecule has 0 aliphatic rings. The molecule has 0 N–H and O–H groups in total. The number of hydrogen-bond acceptors (Lipinski definition) is 4. The fourth-order valence-corrected chi connectivity index (χ4v) is 3.49. The number of halogens is 1. The molecule has 0 saturated heterocycles. The quantitative estimate of drug-likeness (QED) is 0.656. The summed E-state index contributed by atoms with van der Waals surface area (Å²) in [4.78, 5) is 0. The molecular formula is C14H21ClO4S. The zero-order valence-electron chi connectivity index (χ0n) is 11.8. The van der Waals surface area contributed by atoms with Crippen LogP contribution in [-0.2, 0) is 25.1 Å². The molecule has 1 aromatic carbocycles. The average Bonchev–Trinajstić information content (AvgIpc) is 2.39. The minimum Gasteiger partial charge on any atom is -0.353 e. The molecule has 0 aliphatic heterocycles. The van der Waals surface area contributed by atoms with Crippen molar-refractivity contribution in [3.63, 3.8) is 0 Å². The van der Waals surface area contributed by atoms with Crippen LogP contribution in [0.15, 0.2) is 24.3 Å². The Balaban J connectivity index is 2.59. The summed E-state index contributed by atoms with van der Waals surface area (Å²) in [6.07, 6.45) is -0.139. The van der Waals surface area contributed by atoms with Crippen molar-refractivity contribution in [1.29, 1.82) is 0 Å². The lowest BCUT2D eigenvalue weighted by molar-refractivity contribution is -0.136. The summed E-state index contributed by atoms with van der Waals surface area (Å²) in [6, 6.07) is 6.97. The van der Waals surface area contributed by atoms with Crippen molar-refractivity contribution in [1.82, 2.24) is 0 Å². The van der Waals surface area contributed by atoms with Crippen LogP contribution < -0.4 is 0 Å². The zero-order valence-corrected chi connectivity index (χ0v) is 13.4. The second-order valence-corrected chi connectivity index (χ2v) is 6.90. The van der Waals surface area contributed by atoms with Gasteiger partial charge in [-0.25, -0.2) is 8.42 Å². The van der Waals surface area contributed by atoms with Crippen molar-refractivity contribution in [2.75, 3.05) is 19.0 Å². The molecule has 0 aliphatic carbocycles. The summed E-state index contributed by atoms with van der Waals surface area (Å²) in [5.41, 5.74) is 0.624. The van der Waals surface area contributed by atoms with Crippen LogP contribution in [-0.4, -0.2) is 33.7 Å². The highest BCUT2D eigenvalue weighted by molar-refractivity contribution is 7.90. The summed E-state index contributed by atoms with van der Waals surface area (Å²) in [6.45, 7) is 4.69. The SMILES string of the molecule is CCOC(CCS(=O)(=O)Cc1ccccc1Cl)OCC. The molecule has 0 radical (unpaired) electrons. The highest BCUT2D eigenvalue weighted by Gasteiger charge is 2.17. The van der Waals surface area contributed by atoms with Gasteiger partial charge in [-0.15, -0.1) is 0 Å². The van der Waals surface area contributed by atoms with Gasteiger partial charge in [-0.3, -0.25) is 0 Å². The highest BCUT2D eigenvalue weighted by atomic mass is 35.5. The molecule has 1 aromatic rings. The van der Waals surface area contributed by atoms with Crippen LogP contribution in [0.4, 0.5) is 0 Å². The lowest BCUT2D eigenvalue weighted by atomic mass is 10.2. The van der Waals surface area contributed by atoms with Crippen LogP contribution >= 0.6 is 11.6 Å². The van der Waals surface area contributed by atoms with Crippen molar-refractivity contribution >= 4 is 21.4 Å². The van der Waals surface area contributed by atoms with Crippen LogP contribution in [0.3, 0.4) is 0 Å². The van der Waals surface area contributed by atoms with E-state index in [0.717, 1.165) is 0 Å². The molecule has 20 heavy (non-hydrogen) atoms. The Hall–Kier alpha value is -0.620. The maximum Gasteiger partial charge on any atom is 0.158 e. The Bertz CT molecular complexity index is 496. The van der Waals surface area contributed by atoms with Gasteiger partial charge >= 0.3 is 0 Å². The van der Waals surface area contributed by atoms with Gasteiger partial charge in [-0.1, -0.05) is 29.8 Å². The van der Waals surface area contributed by atoms with Gasteiger partial charge in [0.05, 0.1) is 11.5 Å². The Morgan fingerprint density at radius 3 is 2.30 bits per heavy atom. The highest BCUT2D eigenvalue weighted by Crippen LogP contribution is 2.18. The maximum absolute atomic E-state index is 12.1. The van der Waals surface area contributed by atoms with E-state index in [0.29, 0.717) is 30.2 Å². The molecule has 114 valence electrons. The first-order valence-electron chi connectivity index (χ1n) is 6.65. The molecule has 0 aromatic heterocycles. The van der Waals surface area contributed by atoms with Crippen molar-refractivity contribution in [3.05, 3.63) is 34.9 Å². The molecule has 0 amide bonds. The van der Waals surface area contributed by atoms with E-state index in [1.54, 1.807) is 24.3 Å². The van der Waals surface area contributed by atoms with E-state index < -0.39 is 16.1 Å². The molecule has 0 fully saturated rings. The largest absolute Gasteiger partial charge is 0.353 e. The Morgan fingerprint density at radius 2 is 1.75 bits per heavy atom. The molecule has 0 heterocycles. The van der Waals surface area contributed by atoms with Crippen LogP contribution in [0, 0.1) is 0 Å². The van der Waals surface area contributed by atoms with E-state index in [2.05, 4.69) is 0 Å². The molecule has 6 heteroatoms. The Labute approximate surface area is 126 Å². The zero-order chi connectivity index (χ0) is 15.0. The summed E-state index contributed by atoms with van der Waals surface area (Å²) in [5, 5.41) is 0.474. The maximum atomic E-state index is 12.1. The van der Waals surface area contributed by atoms with E-state index in [4.69, 9.17) is 21.1 Å². The lowest BCUT2D eigenvalue weighted by Crippen LogP contribution is -2.22. The third-order valence-electron chi connectivity index (χ3n) is 2.70. The summed E-state index contributed by atoms with van der Waals surface area (Å²) >= 11 is 5.98. The van der Waals surface area contributed by atoms with E-state index in [-0.39, 0.29) is 11.5 Å². The van der Waals surface area contributed by atoms with E-state index >= 15 is 0 Å². The van der Waals surface area contributed by atoms with Crippen LogP contribution in [0.1, 0.15) is 25.8 Å². The van der Waals surface area contributed by atoms with Gasteiger partial charge in [-0.05, 0) is 25.5 Å². The van der Waals surface area contributed by atoms with E-state index in [1.807, 2.05) is 13.8 Å². The van der Waals surface area contributed by atoms with Gasteiger partial charge in [0.2, 0.25) is 0 Å². The fraction of sp³-hybridized carbons (Fsp3) is 0.571. The van der Waals surface area contributed by atoms with Crippen molar-refractivity contribution in [3.8, 4) is 0 Å². The number of rotatable bonds is 9. The molecule has 0 saturated carbocycles. The van der Waals surface area contributed by atoms with E-state index in [9.17, 15) is 8.42 Å². The number of hydrogen-bond donors (Lipinski definition) is 0. The first-order valence-corrected chi connectivity index (χ1v) is 8.85. The molecule has 0 unspecified atom stereocenters. The first-order chi connectivity index (χ1) is 9.48. The van der Waals surface area contributed by atoms with Crippen LogP contribution in [0.25, 0.3) is 0 Å². The third kappa shape index (κ3) is 6.22. The molecule has 4 nitrogen and oxygen atoms in total. The van der Waals surface area contributed by atoms with E-state index in [1.165, 1.54) is 0 Å². The Morgan fingerprint density at radius 1 is 1.15 bits per heavy atom. The summed E-state index contributed by atoms with van der Waals surface area (Å²) in [7, 11) is -3.23. The summed E-state index contributed by atoms with van der Waals surface area (Å²) < 4.78 is 34.9. The number of sulfone groups is 1. The van der Waals surface area contributed by atoms with Gasteiger partial charge in [0.15, 0.2) is 16.1 Å². The second-order valence-electron chi connectivity index (χ2n) is 4.31. The predicted octanol–water partition coefficient (Wildman–Crippen LogP) is 3.04. The molecule has 0 spiro atoms. The molecule has 1 rings (SSSR count). The van der Waals surface area contributed by atoms with Gasteiger partial charge < -0.3 is 9.47 Å². The van der Waals surface area contributed by atoms with Gasteiger partial charge in [0.25, 0.3) is 0 Å². The molecular weight excluding hydrogens is 300 g/mol. The number of ether oxygens (including phenoxy) is 2. The van der Waals surface area contributed by atoms with Crippen molar-refractivity contribution in [2.45, 2.75) is 32.3 Å². The third-order valence-corrected chi connectivity index (χ3v) is 4.68. The van der Waals surface area contributed by atoms with Crippen molar-refractivity contribution < 1.29 is 17.9 Å². The fourth-order valence-electron chi connectivity index (χ4n) is 1.79. The monoisotopic (exact) mass is 320 g/mol. The predicted molar refractivity (Wildman–Crippen MR) is 80.6 cm³/mol. The summed E-state index contributed by atoms with van der Waals surface area (Å²) in [5.74, 6) is -0.0411. The second kappa shape index (κ2) is 8.62. The minimum atomic E-state index is -3.23. The van der Waals surface area contributed by atoms with Crippen LogP contribution in [0.2, 0.25) is 5.02 Å². The minimum absolute atomic E-state index is 0.0168. The van der Waals surface area contributed by atoms with Crippen molar-refractivity contribution in [2.24, 2.45) is 0 Å². The lowest BCUT2D eigenvalue weighted by Gasteiger charge is -2.16. The standard InChI is InChI=1S/C14H21ClO4S/c1-3-18-14(19-4-2)9-10-20(16,17)11-12-7-5-6-8-13(12)15/h5-8,14H,3-4,9-11H2,1-2H3. The van der Waals surface area contributed by atoms with Crippen LogP contribution in [0.5, 0.6) is 0 Å². The smallest absolute Gasteiger partial charge is 0.158 e. The van der Waals surface area contributed by atoms with Gasteiger partial charge in [0.1, 0.15) is 0 Å².